The molecule has 0 saturated carbocycles. The lowest BCUT2D eigenvalue weighted by molar-refractivity contribution is 0.0601. The van der Waals surface area contributed by atoms with Crippen LogP contribution in [0.1, 0.15) is 10.4 Å². The van der Waals surface area contributed by atoms with Crippen LogP contribution in [-0.4, -0.2) is 20.2 Å². The molecule has 0 aliphatic heterocycles. The van der Waals surface area contributed by atoms with Crippen LogP contribution < -0.4 is 4.74 Å². The van der Waals surface area contributed by atoms with Gasteiger partial charge in [-0.25, -0.2) is 9.18 Å². The van der Waals surface area contributed by atoms with E-state index in [1.165, 1.54) is 26.4 Å². The van der Waals surface area contributed by atoms with Crippen LogP contribution in [0.5, 0.6) is 5.75 Å². The highest BCUT2D eigenvalue weighted by Gasteiger charge is 2.14. The van der Waals surface area contributed by atoms with Crippen LogP contribution in [0.15, 0.2) is 42.5 Å². The lowest BCUT2D eigenvalue weighted by Gasteiger charge is -2.10. The maximum Gasteiger partial charge on any atom is 0.338 e. The summed E-state index contributed by atoms with van der Waals surface area (Å²) in [5.41, 5.74) is 1.80. The molecule has 0 unspecified atom stereocenters. The smallest absolute Gasteiger partial charge is 0.338 e. The molecule has 0 heterocycles. The second-order valence-electron chi connectivity index (χ2n) is 3.91. The Morgan fingerprint density at radius 2 is 1.74 bits per heavy atom. The summed E-state index contributed by atoms with van der Waals surface area (Å²) in [5, 5.41) is 0. The lowest BCUT2D eigenvalue weighted by Crippen LogP contribution is -2.04. The van der Waals surface area contributed by atoms with Gasteiger partial charge in [0.05, 0.1) is 19.8 Å². The van der Waals surface area contributed by atoms with Gasteiger partial charge in [0, 0.05) is 0 Å². The minimum atomic E-state index is -0.460. The first kappa shape index (κ1) is 13.1. The lowest BCUT2D eigenvalue weighted by atomic mass is 9.99. The molecule has 2 aromatic rings. The molecule has 4 heteroatoms. The molecule has 2 aromatic carbocycles. The largest absolute Gasteiger partial charge is 0.497 e. The number of hydrogen-bond donors (Lipinski definition) is 0. The van der Waals surface area contributed by atoms with Gasteiger partial charge >= 0.3 is 5.97 Å². The summed E-state index contributed by atoms with van der Waals surface area (Å²) in [7, 11) is 2.84. The van der Waals surface area contributed by atoms with E-state index in [1.807, 2.05) is 0 Å². The Hall–Kier alpha value is -2.36. The van der Waals surface area contributed by atoms with E-state index in [0.717, 1.165) is 5.56 Å². The number of rotatable bonds is 3. The number of ether oxygens (including phenoxy) is 2. The number of benzene rings is 2. The van der Waals surface area contributed by atoms with Gasteiger partial charge in [-0.1, -0.05) is 12.1 Å². The first-order valence-electron chi connectivity index (χ1n) is 5.68. The predicted octanol–water partition coefficient (Wildman–Crippen LogP) is 3.29. The van der Waals surface area contributed by atoms with Gasteiger partial charge in [0.25, 0.3) is 0 Å². The number of halogens is 1. The van der Waals surface area contributed by atoms with Crippen LogP contribution in [0.4, 0.5) is 4.39 Å². The minimum Gasteiger partial charge on any atom is -0.497 e. The molecule has 0 aliphatic rings. The fraction of sp³-hybridized carbons (Fsp3) is 0.133. The summed E-state index contributed by atoms with van der Waals surface area (Å²) in [6.45, 7) is 0. The Bertz CT molecular complexity index is 591. The standard InChI is InChI=1S/C15H13FO3/c1-18-12-7-8-13(14(9-12)15(17)19-2)10-3-5-11(16)6-4-10/h3-9H,1-2H3. The molecule has 0 saturated heterocycles. The van der Waals surface area contributed by atoms with Gasteiger partial charge in [-0.2, -0.15) is 0 Å². The summed E-state index contributed by atoms with van der Waals surface area (Å²) in [6.07, 6.45) is 0. The molecule has 0 radical (unpaired) electrons. The third kappa shape index (κ3) is 2.73. The van der Waals surface area contributed by atoms with Crippen molar-refractivity contribution in [3.63, 3.8) is 0 Å². The first-order valence-corrected chi connectivity index (χ1v) is 5.68. The summed E-state index contributed by atoms with van der Waals surface area (Å²) in [4.78, 5) is 11.8. The average Bonchev–Trinajstić information content (AvgIpc) is 2.46. The van der Waals surface area contributed by atoms with Crippen LogP contribution in [0.3, 0.4) is 0 Å². The molecule has 0 fully saturated rings. The van der Waals surface area contributed by atoms with E-state index in [0.29, 0.717) is 16.9 Å². The van der Waals surface area contributed by atoms with Crippen molar-refractivity contribution in [3.8, 4) is 16.9 Å². The molecular formula is C15H13FO3. The second-order valence-corrected chi connectivity index (χ2v) is 3.91. The van der Waals surface area contributed by atoms with E-state index in [2.05, 4.69) is 0 Å². The molecule has 0 amide bonds. The van der Waals surface area contributed by atoms with Crippen molar-refractivity contribution in [1.82, 2.24) is 0 Å². The normalized spacial score (nSPS) is 10.1. The van der Waals surface area contributed by atoms with E-state index in [9.17, 15) is 9.18 Å². The molecule has 19 heavy (non-hydrogen) atoms. The SMILES string of the molecule is COC(=O)c1cc(OC)ccc1-c1ccc(F)cc1. The van der Waals surface area contributed by atoms with Gasteiger partial charge < -0.3 is 9.47 Å². The Balaban J connectivity index is 2.55. The van der Waals surface area contributed by atoms with Gasteiger partial charge in [0.15, 0.2) is 0 Å². The Morgan fingerprint density at radius 3 is 2.32 bits per heavy atom. The summed E-state index contributed by atoms with van der Waals surface area (Å²) >= 11 is 0. The molecule has 0 bridgehead atoms. The zero-order valence-corrected chi connectivity index (χ0v) is 10.6. The van der Waals surface area contributed by atoms with Gasteiger partial charge in [-0.05, 0) is 41.5 Å². The van der Waals surface area contributed by atoms with Gasteiger partial charge in [0.2, 0.25) is 0 Å². The van der Waals surface area contributed by atoms with Gasteiger partial charge in [-0.15, -0.1) is 0 Å². The van der Waals surface area contributed by atoms with Crippen LogP contribution in [0, 0.1) is 5.82 Å². The first-order chi connectivity index (χ1) is 9.15. The van der Waals surface area contributed by atoms with Crippen LogP contribution in [0.25, 0.3) is 11.1 Å². The highest BCUT2D eigenvalue weighted by atomic mass is 19.1. The Labute approximate surface area is 110 Å². The van der Waals surface area contributed by atoms with Crippen molar-refractivity contribution in [2.45, 2.75) is 0 Å². The van der Waals surface area contributed by atoms with Gasteiger partial charge in [0.1, 0.15) is 11.6 Å². The molecule has 0 atom stereocenters. The molecule has 0 aromatic heterocycles. The number of methoxy groups -OCH3 is 2. The molecule has 0 spiro atoms. The number of carbonyl (C=O) groups is 1. The maximum atomic E-state index is 12.9. The molecule has 0 aliphatic carbocycles. The van der Waals surface area contributed by atoms with E-state index < -0.39 is 5.97 Å². The second kappa shape index (κ2) is 5.52. The fourth-order valence-electron chi connectivity index (χ4n) is 1.81. The molecular weight excluding hydrogens is 247 g/mol. The van der Waals surface area contributed by atoms with Crippen molar-refractivity contribution in [2.24, 2.45) is 0 Å². The monoisotopic (exact) mass is 260 g/mol. The average molecular weight is 260 g/mol. The fourth-order valence-corrected chi connectivity index (χ4v) is 1.81. The number of hydrogen-bond acceptors (Lipinski definition) is 3. The highest BCUT2D eigenvalue weighted by molar-refractivity contribution is 5.97. The highest BCUT2D eigenvalue weighted by Crippen LogP contribution is 2.28. The molecule has 98 valence electrons. The Kier molecular flexibility index (Phi) is 3.80. The minimum absolute atomic E-state index is 0.322. The maximum absolute atomic E-state index is 12.9. The van der Waals surface area contributed by atoms with Gasteiger partial charge in [-0.3, -0.25) is 0 Å². The van der Waals surface area contributed by atoms with E-state index in [1.54, 1.807) is 30.3 Å². The molecule has 2 rings (SSSR count). The summed E-state index contributed by atoms with van der Waals surface area (Å²) in [6, 6.07) is 11.0. The summed E-state index contributed by atoms with van der Waals surface area (Å²) in [5.74, 6) is -0.221. The molecule has 3 nitrogen and oxygen atoms in total. The van der Waals surface area contributed by atoms with Crippen LogP contribution >= 0.6 is 0 Å². The van der Waals surface area contributed by atoms with Crippen molar-refractivity contribution >= 4 is 5.97 Å². The number of esters is 1. The van der Waals surface area contributed by atoms with Crippen molar-refractivity contribution in [3.05, 3.63) is 53.8 Å². The third-order valence-corrected chi connectivity index (χ3v) is 2.79. The van der Waals surface area contributed by atoms with Crippen LogP contribution in [-0.2, 0) is 4.74 Å². The quantitative estimate of drug-likeness (QED) is 0.794. The third-order valence-electron chi connectivity index (χ3n) is 2.79. The van der Waals surface area contributed by atoms with Crippen molar-refractivity contribution in [1.29, 1.82) is 0 Å². The van der Waals surface area contributed by atoms with Crippen molar-refractivity contribution in [2.75, 3.05) is 14.2 Å². The summed E-state index contributed by atoms with van der Waals surface area (Å²) < 4.78 is 22.8. The van der Waals surface area contributed by atoms with E-state index in [4.69, 9.17) is 9.47 Å². The van der Waals surface area contributed by atoms with E-state index in [-0.39, 0.29) is 5.82 Å². The van der Waals surface area contributed by atoms with Crippen LogP contribution in [0.2, 0.25) is 0 Å². The number of carbonyl (C=O) groups excluding carboxylic acids is 1. The van der Waals surface area contributed by atoms with Crippen molar-refractivity contribution < 1.29 is 18.7 Å². The zero-order chi connectivity index (χ0) is 13.8. The topological polar surface area (TPSA) is 35.5 Å². The predicted molar refractivity (Wildman–Crippen MR) is 69.7 cm³/mol. The zero-order valence-electron chi connectivity index (χ0n) is 10.6. The van der Waals surface area contributed by atoms with E-state index >= 15 is 0 Å². The Morgan fingerprint density at radius 1 is 1.05 bits per heavy atom. The molecule has 0 N–H and O–H groups in total.